The largest absolute Gasteiger partial charge is 0.380 e. The van der Waals surface area contributed by atoms with Gasteiger partial charge in [0.2, 0.25) is 0 Å². The molecule has 1 aliphatic rings. The minimum Gasteiger partial charge on any atom is -0.380 e. The summed E-state index contributed by atoms with van der Waals surface area (Å²) in [6.45, 7) is 7.20. The maximum absolute atomic E-state index is 5.62. The minimum atomic E-state index is 0.595. The fraction of sp³-hybridized carbons (Fsp3) is 1.00. The maximum atomic E-state index is 5.62. The summed E-state index contributed by atoms with van der Waals surface area (Å²) in [5, 5.41) is 3.68. The van der Waals surface area contributed by atoms with Crippen molar-refractivity contribution in [2.75, 3.05) is 19.8 Å². The maximum Gasteiger partial charge on any atom is 0.0622 e. The first kappa shape index (κ1) is 14.0. The fourth-order valence-corrected chi connectivity index (χ4v) is 2.65. The SMILES string of the molecule is CCCNC(COCC)C1CCCCCC1. The van der Waals surface area contributed by atoms with Crippen LogP contribution in [-0.2, 0) is 4.74 Å². The first-order valence-electron chi connectivity index (χ1n) is 7.19. The Hall–Kier alpha value is -0.0800. The van der Waals surface area contributed by atoms with Gasteiger partial charge in [0.1, 0.15) is 0 Å². The average molecular weight is 227 g/mol. The Kier molecular flexibility index (Phi) is 7.87. The Morgan fingerprint density at radius 3 is 2.38 bits per heavy atom. The molecule has 0 saturated heterocycles. The molecule has 1 saturated carbocycles. The van der Waals surface area contributed by atoms with Gasteiger partial charge in [-0.1, -0.05) is 32.6 Å². The highest BCUT2D eigenvalue weighted by molar-refractivity contribution is 4.78. The van der Waals surface area contributed by atoms with E-state index in [2.05, 4.69) is 19.2 Å². The van der Waals surface area contributed by atoms with Crippen LogP contribution in [0.1, 0.15) is 58.8 Å². The van der Waals surface area contributed by atoms with Gasteiger partial charge in [0.15, 0.2) is 0 Å². The molecule has 1 N–H and O–H groups in total. The average Bonchev–Trinajstić information content (AvgIpc) is 2.58. The lowest BCUT2D eigenvalue weighted by molar-refractivity contribution is 0.0988. The van der Waals surface area contributed by atoms with Gasteiger partial charge in [-0.3, -0.25) is 0 Å². The van der Waals surface area contributed by atoms with E-state index in [1.165, 1.54) is 44.9 Å². The normalized spacial score (nSPS) is 20.6. The van der Waals surface area contributed by atoms with Crippen molar-refractivity contribution in [3.63, 3.8) is 0 Å². The zero-order chi connectivity index (χ0) is 11.6. The van der Waals surface area contributed by atoms with Crippen molar-refractivity contribution >= 4 is 0 Å². The monoisotopic (exact) mass is 227 g/mol. The summed E-state index contributed by atoms with van der Waals surface area (Å²) in [6.07, 6.45) is 9.72. The molecule has 1 fully saturated rings. The van der Waals surface area contributed by atoms with E-state index in [0.29, 0.717) is 6.04 Å². The van der Waals surface area contributed by atoms with Crippen LogP contribution in [0.15, 0.2) is 0 Å². The summed E-state index contributed by atoms with van der Waals surface area (Å²) >= 11 is 0. The van der Waals surface area contributed by atoms with E-state index in [1.807, 2.05) is 0 Å². The molecule has 1 unspecified atom stereocenters. The predicted molar refractivity (Wildman–Crippen MR) is 69.8 cm³/mol. The number of nitrogens with one attached hydrogen (secondary N) is 1. The summed E-state index contributed by atoms with van der Waals surface area (Å²) in [6, 6.07) is 0.595. The molecule has 1 atom stereocenters. The second-order valence-corrected chi connectivity index (χ2v) is 4.97. The number of ether oxygens (including phenoxy) is 1. The number of hydrogen-bond donors (Lipinski definition) is 1. The van der Waals surface area contributed by atoms with Crippen LogP contribution >= 0.6 is 0 Å². The topological polar surface area (TPSA) is 21.3 Å². The quantitative estimate of drug-likeness (QED) is 0.673. The molecule has 0 amide bonds. The Bertz CT molecular complexity index is 145. The predicted octanol–water partition coefficient (Wildman–Crippen LogP) is 3.36. The van der Waals surface area contributed by atoms with Gasteiger partial charge in [-0.25, -0.2) is 0 Å². The number of hydrogen-bond acceptors (Lipinski definition) is 2. The molecule has 0 aromatic heterocycles. The molecule has 1 rings (SSSR count). The van der Waals surface area contributed by atoms with Crippen molar-refractivity contribution in [1.29, 1.82) is 0 Å². The van der Waals surface area contributed by atoms with E-state index in [1.54, 1.807) is 0 Å². The standard InChI is InChI=1S/C14H29NO/c1-3-11-15-14(12-16-4-2)13-9-7-5-6-8-10-13/h13-15H,3-12H2,1-2H3. The van der Waals surface area contributed by atoms with Crippen LogP contribution in [0.2, 0.25) is 0 Å². The lowest BCUT2D eigenvalue weighted by atomic mass is 9.92. The third-order valence-corrected chi connectivity index (χ3v) is 3.63. The Morgan fingerprint density at radius 2 is 1.81 bits per heavy atom. The van der Waals surface area contributed by atoms with Crippen LogP contribution in [0.4, 0.5) is 0 Å². The molecule has 2 nitrogen and oxygen atoms in total. The molecule has 0 heterocycles. The van der Waals surface area contributed by atoms with Crippen LogP contribution in [0.3, 0.4) is 0 Å². The molecular formula is C14H29NO. The minimum absolute atomic E-state index is 0.595. The lowest BCUT2D eigenvalue weighted by Crippen LogP contribution is -2.40. The smallest absolute Gasteiger partial charge is 0.0622 e. The molecule has 16 heavy (non-hydrogen) atoms. The van der Waals surface area contributed by atoms with E-state index in [-0.39, 0.29) is 0 Å². The molecule has 0 spiro atoms. The van der Waals surface area contributed by atoms with Gasteiger partial charge in [-0.2, -0.15) is 0 Å². The van der Waals surface area contributed by atoms with Crippen molar-refractivity contribution in [1.82, 2.24) is 5.32 Å². The number of rotatable bonds is 7. The van der Waals surface area contributed by atoms with E-state index >= 15 is 0 Å². The first-order valence-corrected chi connectivity index (χ1v) is 7.19. The van der Waals surface area contributed by atoms with Crippen molar-refractivity contribution in [3.05, 3.63) is 0 Å². The highest BCUT2D eigenvalue weighted by atomic mass is 16.5. The third kappa shape index (κ3) is 5.31. The summed E-state index contributed by atoms with van der Waals surface area (Å²) in [5.74, 6) is 0.848. The van der Waals surface area contributed by atoms with Crippen molar-refractivity contribution < 1.29 is 4.74 Å². The summed E-state index contributed by atoms with van der Waals surface area (Å²) in [4.78, 5) is 0. The van der Waals surface area contributed by atoms with Crippen LogP contribution in [0, 0.1) is 5.92 Å². The Morgan fingerprint density at radius 1 is 1.12 bits per heavy atom. The second kappa shape index (κ2) is 9.00. The summed E-state index contributed by atoms with van der Waals surface area (Å²) in [7, 11) is 0. The van der Waals surface area contributed by atoms with E-state index in [0.717, 1.165) is 25.7 Å². The van der Waals surface area contributed by atoms with Gasteiger partial charge >= 0.3 is 0 Å². The van der Waals surface area contributed by atoms with Gasteiger partial charge in [-0.15, -0.1) is 0 Å². The molecule has 96 valence electrons. The summed E-state index contributed by atoms with van der Waals surface area (Å²) in [5.41, 5.74) is 0. The van der Waals surface area contributed by atoms with Gasteiger partial charge < -0.3 is 10.1 Å². The first-order chi connectivity index (χ1) is 7.88. The second-order valence-electron chi connectivity index (χ2n) is 4.97. The molecule has 2 heteroatoms. The van der Waals surface area contributed by atoms with Crippen LogP contribution in [0.25, 0.3) is 0 Å². The van der Waals surface area contributed by atoms with Crippen molar-refractivity contribution in [3.8, 4) is 0 Å². The van der Waals surface area contributed by atoms with E-state index < -0.39 is 0 Å². The van der Waals surface area contributed by atoms with Gasteiger partial charge in [0.25, 0.3) is 0 Å². The van der Waals surface area contributed by atoms with Crippen LogP contribution < -0.4 is 5.32 Å². The van der Waals surface area contributed by atoms with Crippen LogP contribution in [-0.4, -0.2) is 25.8 Å². The van der Waals surface area contributed by atoms with Crippen molar-refractivity contribution in [2.24, 2.45) is 5.92 Å². The lowest BCUT2D eigenvalue weighted by Gasteiger charge is -2.27. The third-order valence-electron chi connectivity index (χ3n) is 3.63. The molecule has 0 bridgehead atoms. The van der Waals surface area contributed by atoms with Gasteiger partial charge in [0.05, 0.1) is 6.61 Å². The molecule has 0 aromatic carbocycles. The van der Waals surface area contributed by atoms with Gasteiger partial charge in [-0.05, 0) is 38.6 Å². The Labute approximate surface area is 101 Å². The summed E-state index contributed by atoms with van der Waals surface area (Å²) < 4.78 is 5.62. The molecular weight excluding hydrogens is 198 g/mol. The zero-order valence-corrected chi connectivity index (χ0v) is 11.1. The molecule has 0 radical (unpaired) electrons. The Balaban J connectivity index is 2.37. The molecule has 1 aliphatic carbocycles. The fourth-order valence-electron chi connectivity index (χ4n) is 2.65. The highest BCUT2D eigenvalue weighted by Crippen LogP contribution is 2.25. The van der Waals surface area contributed by atoms with Crippen LogP contribution in [0.5, 0.6) is 0 Å². The molecule has 0 aromatic rings. The van der Waals surface area contributed by atoms with E-state index in [4.69, 9.17) is 4.74 Å². The molecule has 0 aliphatic heterocycles. The zero-order valence-electron chi connectivity index (χ0n) is 11.1. The van der Waals surface area contributed by atoms with Crippen molar-refractivity contribution in [2.45, 2.75) is 64.8 Å². The highest BCUT2D eigenvalue weighted by Gasteiger charge is 2.21. The van der Waals surface area contributed by atoms with E-state index in [9.17, 15) is 0 Å². The van der Waals surface area contributed by atoms with Gasteiger partial charge in [0, 0.05) is 12.6 Å².